The minimum Gasteiger partial charge on any atom is -0.216 e. The fourth-order valence-corrected chi connectivity index (χ4v) is 2.44. The molecule has 0 N–H and O–H groups in total. The molecule has 1 aliphatic heterocycles. The van der Waals surface area contributed by atoms with Crippen LogP contribution in [-0.4, -0.2) is 27.3 Å². The first kappa shape index (κ1) is 7.48. The van der Waals surface area contributed by atoms with E-state index >= 15 is 0 Å². The maximum atomic E-state index is 4.33. The van der Waals surface area contributed by atoms with Gasteiger partial charge in [0.25, 0.3) is 4.38 Å². The molecule has 0 atom stereocenters. The van der Waals surface area contributed by atoms with Gasteiger partial charge in [0.05, 0.1) is 5.75 Å². The van der Waals surface area contributed by atoms with E-state index in [1.54, 1.807) is 0 Å². The lowest BCUT2D eigenvalue weighted by atomic mass is 10.4. The smallest absolute Gasteiger partial charge is 0.216 e. The molecule has 3 heteroatoms. The highest BCUT2D eigenvalue weighted by Crippen LogP contribution is 2.15. The average molecular weight is 162 g/mol. The fourth-order valence-electron chi connectivity index (χ4n) is 0.893. The van der Waals surface area contributed by atoms with Gasteiger partial charge < -0.3 is 0 Å². The van der Waals surface area contributed by atoms with Crippen LogP contribution in [0.3, 0.4) is 0 Å². The Morgan fingerprint density at radius 3 is 2.56 bits per heavy atom. The second-order valence-electron chi connectivity index (χ2n) is 2.42. The number of thiol groups is 1. The maximum Gasteiger partial charge on any atom is 0.267 e. The van der Waals surface area contributed by atoms with Gasteiger partial charge in [0.2, 0.25) is 0 Å². The molecule has 0 spiro atoms. The Kier molecular flexibility index (Phi) is 2.47. The van der Waals surface area contributed by atoms with Gasteiger partial charge in [-0.25, -0.2) is 4.58 Å². The van der Waals surface area contributed by atoms with Crippen molar-refractivity contribution in [2.75, 3.05) is 12.3 Å². The monoisotopic (exact) mass is 162 g/mol. The molecular formula is C6H12NS2+. The molecule has 9 heavy (non-hydrogen) atoms. The van der Waals surface area contributed by atoms with Crippen molar-refractivity contribution in [3.63, 3.8) is 0 Å². The SMILES string of the molecule is CC(C)[N+]1=C(S)SCC1. The third-order valence-electron chi connectivity index (χ3n) is 1.43. The summed E-state index contributed by atoms with van der Waals surface area (Å²) in [5, 5.41) is 0. The van der Waals surface area contributed by atoms with E-state index in [-0.39, 0.29) is 0 Å². The van der Waals surface area contributed by atoms with Gasteiger partial charge in [-0.05, 0) is 25.6 Å². The van der Waals surface area contributed by atoms with Crippen molar-refractivity contribution in [2.45, 2.75) is 19.9 Å². The van der Waals surface area contributed by atoms with E-state index in [4.69, 9.17) is 0 Å². The second kappa shape index (κ2) is 2.97. The molecule has 0 bridgehead atoms. The Labute approximate surface area is 65.9 Å². The summed E-state index contributed by atoms with van der Waals surface area (Å²) in [6.07, 6.45) is 0. The molecule has 0 aromatic rings. The zero-order valence-corrected chi connectivity index (χ0v) is 7.51. The molecule has 0 aromatic heterocycles. The van der Waals surface area contributed by atoms with Gasteiger partial charge in [0.1, 0.15) is 6.04 Å². The summed E-state index contributed by atoms with van der Waals surface area (Å²) in [7, 11) is 0. The lowest BCUT2D eigenvalue weighted by Crippen LogP contribution is -2.20. The number of hydrogen-bond donors (Lipinski definition) is 1. The number of thioether (sulfide) groups is 1. The standard InChI is InChI=1S/C6H11NS2/c1-5(2)7-3-4-9-6(7)8/h5H,3-4H2,1-2H3/p+1. The Balaban J connectivity index is 2.66. The third-order valence-corrected chi connectivity index (χ3v) is 2.96. The van der Waals surface area contributed by atoms with E-state index in [1.165, 1.54) is 16.7 Å². The summed E-state index contributed by atoms with van der Waals surface area (Å²) in [5.74, 6) is 1.21. The number of nitrogens with zero attached hydrogens (tertiary/aromatic N) is 1. The highest BCUT2D eigenvalue weighted by molar-refractivity contribution is 8.32. The number of rotatable bonds is 1. The van der Waals surface area contributed by atoms with Crippen LogP contribution in [0.4, 0.5) is 0 Å². The van der Waals surface area contributed by atoms with Crippen LogP contribution in [-0.2, 0) is 0 Å². The minimum atomic E-state index is 0.618. The quantitative estimate of drug-likeness (QED) is 0.451. The molecule has 0 unspecified atom stereocenters. The van der Waals surface area contributed by atoms with E-state index in [0.717, 1.165) is 0 Å². The lowest BCUT2D eigenvalue weighted by molar-refractivity contribution is -0.546. The second-order valence-corrected chi connectivity index (χ2v) is 4.23. The van der Waals surface area contributed by atoms with Crippen LogP contribution in [0.1, 0.15) is 13.8 Å². The number of hydrogen-bond acceptors (Lipinski definition) is 1. The third kappa shape index (κ3) is 1.64. The topological polar surface area (TPSA) is 3.01 Å². The van der Waals surface area contributed by atoms with Crippen molar-refractivity contribution in [1.29, 1.82) is 0 Å². The molecule has 1 nitrogen and oxygen atoms in total. The van der Waals surface area contributed by atoms with Crippen LogP contribution >= 0.6 is 24.4 Å². The van der Waals surface area contributed by atoms with Crippen LogP contribution in [0, 0.1) is 0 Å². The van der Waals surface area contributed by atoms with Crippen LogP contribution in [0.25, 0.3) is 0 Å². The van der Waals surface area contributed by atoms with E-state index in [9.17, 15) is 0 Å². The first-order chi connectivity index (χ1) is 4.22. The van der Waals surface area contributed by atoms with Gasteiger partial charge in [-0.3, -0.25) is 0 Å². The zero-order chi connectivity index (χ0) is 6.85. The average Bonchev–Trinajstić information content (AvgIpc) is 2.13. The first-order valence-electron chi connectivity index (χ1n) is 3.17. The molecule has 0 radical (unpaired) electrons. The summed E-state index contributed by atoms with van der Waals surface area (Å²) in [5.41, 5.74) is 0. The molecule has 0 fully saturated rings. The van der Waals surface area contributed by atoms with Gasteiger partial charge in [-0.1, -0.05) is 12.6 Å². The van der Waals surface area contributed by atoms with Crippen molar-refractivity contribution < 1.29 is 4.58 Å². The summed E-state index contributed by atoms with van der Waals surface area (Å²) in [4.78, 5) is 0. The molecule has 0 aromatic carbocycles. The van der Waals surface area contributed by atoms with Crippen molar-refractivity contribution in [2.24, 2.45) is 0 Å². The predicted octanol–water partition coefficient (Wildman–Crippen LogP) is 1.44. The van der Waals surface area contributed by atoms with Gasteiger partial charge in [0.15, 0.2) is 6.54 Å². The van der Waals surface area contributed by atoms with Gasteiger partial charge >= 0.3 is 0 Å². The summed E-state index contributed by atoms with van der Waals surface area (Å²) in [6, 6.07) is 0.618. The lowest BCUT2D eigenvalue weighted by Gasteiger charge is -2.00. The van der Waals surface area contributed by atoms with Crippen LogP contribution < -0.4 is 0 Å². The Hall–Kier alpha value is 0.370. The molecule has 1 heterocycles. The molecule has 0 saturated heterocycles. The van der Waals surface area contributed by atoms with Crippen molar-refractivity contribution >= 4 is 28.8 Å². The van der Waals surface area contributed by atoms with Gasteiger partial charge in [-0.15, -0.1) is 0 Å². The van der Waals surface area contributed by atoms with Crippen LogP contribution in [0.15, 0.2) is 0 Å². The molecule has 0 amide bonds. The van der Waals surface area contributed by atoms with E-state index in [2.05, 4.69) is 31.1 Å². The van der Waals surface area contributed by atoms with Crippen molar-refractivity contribution in [1.82, 2.24) is 0 Å². The van der Waals surface area contributed by atoms with E-state index < -0.39 is 0 Å². The van der Waals surface area contributed by atoms with Crippen LogP contribution in [0.2, 0.25) is 0 Å². The molecule has 1 aliphatic rings. The predicted molar refractivity (Wildman–Crippen MR) is 46.7 cm³/mol. The Bertz CT molecular complexity index is 140. The summed E-state index contributed by atoms with van der Waals surface area (Å²) in [6.45, 7) is 5.56. The fraction of sp³-hybridized carbons (Fsp3) is 0.833. The molecule has 0 saturated carbocycles. The van der Waals surface area contributed by atoms with Crippen molar-refractivity contribution in [3.8, 4) is 0 Å². The summed E-state index contributed by atoms with van der Waals surface area (Å²) < 4.78 is 3.50. The molecule has 52 valence electrons. The molecule has 1 rings (SSSR count). The Morgan fingerprint density at radius 1 is 1.67 bits per heavy atom. The normalized spacial score (nSPS) is 20.0. The molecular weight excluding hydrogens is 150 g/mol. The highest BCUT2D eigenvalue weighted by atomic mass is 32.2. The molecule has 0 aliphatic carbocycles. The van der Waals surface area contributed by atoms with Crippen LogP contribution in [0.5, 0.6) is 0 Å². The zero-order valence-electron chi connectivity index (χ0n) is 5.79. The summed E-state index contributed by atoms with van der Waals surface area (Å²) >= 11 is 6.17. The van der Waals surface area contributed by atoms with E-state index in [0.29, 0.717) is 6.04 Å². The van der Waals surface area contributed by atoms with E-state index in [1.807, 2.05) is 11.8 Å². The largest absolute Gasteiger partial charge is 0.267 e. The highest BCUT2D eigenvalue weighted by Gasteiger charge is 2.21. The first-order valence-corrected chi connectivity index (χ1v) is 4.60. The maximum absolute atomic E-state index is 4.33. The van der Waals surface area contributed by atoms with Crippen molar-refractivity contribution in [3.05, 3.63) is 0 Å². The van der Waals surface area contributed by atoms with Gasteiger partial charge in [0, 0.05) is 0 Å². The Morgan fingerprint density at radius 2 is 2.33 bits per heavy atom. The minimum absolute atomic E-state index is 0.618. The van der Waals surface area contributed by atoms with Gasteiger partial charge in [-0.2, -0.15) is 0 Å².